The van der Waals surface area contributed by atoms with Crippen LogP contribution in [0.4, 0.5) is 0 Å². The first-order chi connectivity index (χ1) is 6.54. The summed E-state index contributed by atoms with van der Waals surface area (Å²) in [5.74, 6) is -0.345. The number of fused-ring (bicyclic) bond motifs is 1. The number of ether oxygens (including phenoxy) is 1. The smallest absolute Gasteiger partial charge is 0.339 e. The van der Waals surface area contributed by atoms with Crippen LogP contribution < -0.4 is 0 Å². The summed E-state index contributed by atoms with van der Waals surface area (Å²) in [5.41, 5.74) is 1.27. The van der Waals surface area contributed by atoms with Crippen molar-refractivity contribution in [1.82, 2.24) is 0 Å². The molecular weight excluding hydrogens is 178 g/mol. The van der Waals surface area contributed by atoms with E-state index in [2.05, 4.69) is 0 Å². The minimum absolute atomic E-state index is 0.345. The standard InChI is InChI=1S/C11H9NO2/c1-11(2)9-4-3-7(6-12)5-8(9)10(13)14-11/h3-5H,1-2H3. The van der Waals surface area contributed by atoms with Crippen LogP contribution in [-0.4, -0.2) is 5.97 Å². The van der Waals surface area contributed by atoms with Crippen molar-refractivity contribution in [3.05, 3.63) is 34.9 Å². The molecule has 3 nitrogen and oxygen atoms in total. The van der Waals surface area contributed by atoms with Gasteiger partial charge in [-0.3, -0.25) is 0 Å². The molecule has 0 aliphatic carbocycles. The molecule has 0 atom stereocenters. The number of hydrogen-bond donors (Lipinski definition) is 0. The highest BCUT2D eigenvalue weighted by Crippen LogP contribution is 2.35. The molecule has 1 aliphatic heterocycles. The first-order valence-electron chi connectivity index (χ1n) is 4.32. The Morgan fingerprint density at radius 3 is 2.79 bits per heavy atom. The van der Waals surface area contributed by atoms with Gasteiger partial charge in [0.15, 0.2) is 0 Å². The van der Waals surface area contributed by atoms with Crippen LogP contribution in [-0.2, 0) is 10.3 Å². The van der Waals surface area contributed by atoms with Crippen LogP contribution in [0, 0.1) is 11.3 Å². The lowest BCUT2D eigenvalue weighted by Gasteiger charge is -2.17. The van der Waals surface area contributed by atoms with E-state index in [9.17, 15) is 4.79 Å². The molecule has 70 valence electrons. The predicted octanol–water partition coefficient (Wildman–Crippen LogP) is 1.96. The van der Waals surface area contributed by atoms with E-state index in [0.29, 0.717) is 11.1 Å². The van der Waals surface area contributed by atoms with E-state index in [1.165, 1.54) is 0 Å². The molecule has 0 saturated carbocycles. The number of benzene rings is 1. The zero-order valence-electron chi connectivity index (χ0n) is 8.00. The quantitative estimate of drug-likeness (QED) is 0.583. The van der Waals surface area contributed by atoms with Crippen molar-refractivity contribution < 1.29 is 9.53 Å². The molecule has 14 heavy (non-hydrogen) atoms. The van der Waals surface area contributed by atoms with Gasteiger partial charge in [-0.05, 0) is 26.0 Å². The Balaban J connectivity index is 2.65. The Hall–Kier alpha value is -1.82. The maximum absolute atomic E-state index is 11.4. The van der Waals surface area contributed by atoms with Crippen molar-refractivity contribution in [3.63, 3.8) is 0 Å². The minimum atomic E-state index is -0.569. The molecular formula is C11H9NO2. The molecule has 0 aromatic heterocycles. The van der Waals surface area contributed by atoms with E-state index in [1.54, 1.807) is 18.2 Å². The fourth-order valence-corrected chi connectivity index (χ4v) is 1.65. The largest absolute Gasteiger partial charge is 0.451 e. The molecule has 2 rings (SSSR count). The maximum Gasteiger partial charge on any atom is 0.339 e. The fraction of sp³-hybridized carbons (Fsp3) is 0.273. The summed E-state index contributed by atoms with van der Waals surface area (Å²) in [7, 11) is 0. The van der Waals surface area contributed by atoms with Crippen molar-refractivity contribution in [2.24, 2.45) is 0 Å². The lowest BCUT2D eigenvalue weighted by Crippen LogP contribution is -2.15. The van der Waals surface area contributed by atoms with Gasteiger partial charge < -0.3 is 4.74 Å². The Morgan fingerprint density at radius 2 is 2.14 bits per heavy atom. The van der Waals surface area contributed by atoms with Crippen LogP contribution in [0.5, 0.6) is 0 Å². The average Bonchev–Trinajstić information content (AvgIpc) is 2.37. The van der Waals surface area contributed by atoms with Gasteiger partial charge in [0.2, 0.25) is 0 Å². The van der Waals surface area contributed by atoms with Gasteiger partial charge in [0.1, 0.15) is 5.60 Å². The van der Waals surface area contributed by atoms with Crippen molar-refractivity contribution in [2.45, 2.75) is 19.4 Å². The highest BCUT2D eigenvalue weighted by atomic mass is 16.6. The van der Waals surface area contributed by atoms with Crippen LogP contribution in [0.2, 0.25) is 0 Å². The van der Waals surface area contributed by atoms with Crippen molar-refractivity contribution in [3.8, 4) is 6.07 Å². The molecule has 3 heteroatoms. The van der Waals surface area contributed by atoms with Gasteiger partial charge in [0.25, 0.3) is 0 Å². The molecule has 0 amide bonds. The second kappa shape index (κ2) is 2.58. The number of hydrogen-bond acceptors (Lipinski definition) is 3. The number of rotatable bonds is 0. The number of nitriles is 1. The number of esters is 1. The van der Waals surface area contributed by atoms with E-state index in [0.717, 1.165) is 5.56 Å². The van der Waals surface area contributed by atoms with E-state index in [4.69, 9.17) is 10.00 Å². The van der Waals surface area contributed by atoms with E-state index < -0.39 is 5.60 Å². The van der Waals surface area contributed by atoms with Crippen molar-refractivity contribution in [2.75, 3.05) is 0 Å². The van der Waals surface area contributed by atoms with Crippen LogP contribution >= 0.6 is 0 Å². The summed E-state index contributed by atoms with van der Waals surface area (Å²) in [4.78, 5) is 11.4. The van der Waals surface area contributed by atoms with E-state index in [1.807, 2.05) is 19.9 Å². The second-order valence-electron chi connectivity index (χ2n) is 3.77. The maximum atomic E-state index is 11.4. The summed E-state index contributed by atoms with van der Waals surface area (Å²) in [6, 6.07) is 7.05. The molecule has 0 bridgehead atoms. The Morgan fingerprint density at radius 1 is 1.43 bits per heavy atom. The normalized spacial score (nSPS) is 17.1. The molecule has 0 N–H and O–H groups in total. The first-order valence-corrected chi connectivity index (χ1v) is 4.32. The lowest BCUT2D eigenvalue weighted by molar-refractivity contribution is 0.00954. The van der Waals surface area contributed by atoms with Gasteiger partial charge in [-0.1, -0.05) is 6.07 Å². The molecule has 1 aromatic carbocycles. The topological polar surface area (TPSA) is 50.1 Å². The summed E-state index contributed by atoms with van der Waals surface area (Å²) in [5, 5.41) is 8.68. The van der Waals surface area contributed by atoms with Crippen molar-refractivity contribution in [1.29, 1.82) is 5.26 Å². The Kier molecular flexibility index (Phi) is 1.62. The van der Waals surface area contributed by atoms with Gasteiger partial charge in [-0.25, -0.2) is 4.79 Å². The lowest BCUT2D eigenvalue weighted by atomic mass is 9.95. The zero-order valence-corrected chi connectivity index (χ0v) is 8.00. The summed E-state index contributed by atoms with van der Waals surface area (Å²) >= 11 is 0. The highest BCUT2D eigenvalue weighted by molar-refractivity contribution is 5.95. The SMILES string of the molecule is CC1(C)OC(=O)c2cc(C#N)ccc21. The van der Waals surface area contributed by atoms with E-state index in [-0.39, 0.29) is 5.97 Å². The predicted molar refractivity (Wildman–Crippen MR) is 49.6 cm³/mol. The Bertz CT molecular complexity index is 455. The molecule has 0 spiro atoms. The monoisotopic (exact) mass is 187 g/mol. The number of nitrogens with zero attached hydrogens (tertiary/aromatic N) is 1. The third kappa shape index (κ3) is 1.08. The van der Waals surface area contributed by atoms with Gasteiger partial charge in [0.05, 0.1) is 17.2 Å². The van der Waals surface area contributed by atoms with Gasteiger partial charge in [-0.2, -0.15) is 5.26 Å². The minimum Gasteiger partial charge on any atom is -0.451 e. The van der Waals surface area contributed by atoms with Gasteiger partial charge in [-0.15, -0.1) is 0 Å². The number of carbonyl (C=O) groups is 1. The molecule has 0 saturated heterocycles. The molecule has 0 fully saturated rings. The summed E-state index contributed by atoms with van der Waals surface area (Å²) < 4.78 is 5.17. The second-order valence-corrected chi connectivity index (χ2v) is 3.77. The van der Waals surface area contributed by atoms with Gasteiger partial charge >= 0.3 is 5.97 Å². The van der Waals surface area contributed by atoms with Crippen molar-refractivity contribution >= 4 is 5.97 Å². The highest BCUT2D eigenvalue weighted by Gasteiger charge is 2.37. The average molecular weight is 187 g/mol. The molecule has 1 aliphatic rings. The number of carbonyl (C=O) groups excluding carboxylic acids is 1. The van der Waals surface area contributed by atoms with E-state index >= 15 is 0 Å². The Labute approximate surface area is 81.9 Å². The zero-order chi connectivity index (χ0) is 10.3. The third-order valence-electron chi connectivity index (χ3n) is 2.37. The first kappa shape index (κ1) is 8.76. The third-order valence-corrected chi connectivity index (χ3v) is 2.37. The molecule has 0 unspecified atom stereocenters. The van der Waals surface area contributed by atoms with Gasteiger partial charge in [0, 0.05) is 5.56 Å². The van der Waals surface area contributed by atoms with Crippen LogP contribution in [0.25, 0.3) is 0 Å². The summed E-state index contributed by atoms with van der Waals surface area (Å²) in [6.07, 6.45) is 0. The summed E-state index contributed by atoms with van der Waals surface area (Å²) in [6.45, 7) is 3.67. The molecule has 1 aromatic rings. The molecule has 0 radical (unpaired) electrons. The van der Waals surface area contributed by atoms with Crippen LogP contribution in [0.1, 0.15) is 35.3 Å². The number of cyclic esters (lactones) is 1. The van der Waals surface area contributed by atoms with Crippen LogP contribution in [0.3, 0.4) is 0 Å². The fourth-order valence-electron chi connectivity index (χ4n) is 1.65. The molecule has 1 heterocycles. The van der Waals surface area contributed by atoms with Crippen LogP contribution in [0.15, 0.2) is 18.2 Å².